The van der Waals surface area contributed by atoms with Gasteiger partial charge in [0, 0.05) is 18.7 Å². The molecule has 2 amide bonds. The molecule has 1 heterocycles. The number of carboxylic acid groups (broad SMARTS) is 1. The monoisotopic (exact) mass is 306 g/mol. The number of benzene rings is 1. The Morgan fingerprint density at radius 1 is 1.41 bits per heavy atom. The van der Waals surface area contributed by atoms with Crippen molar-refractivity contribution in [3.05, 3.63) is 29.8 Å². The van der Waals surface area contributed by atoms with Crippen molar-refractivity contribution >= 4 is 12.0 Å². The van der Waals surface area contributed by atoms with Crippen molar-refractivity contribution in [2.75, 3.05) is 20.2 Å². The van der Waals surface area contributed by atoms with Gasteiger partial charge in [-0.1, -0.05) is 18.2 Å². The molecule has 1 fully saturated rings. The van der Waals surface area contributed by atoms with Gasteiger partial charge in [-0.3, -0.25) is 4.79 Å². The second kappa shape index (κ2) is 6.25. The Morgan fingerprint density at radius 3 is 2.68 bits per heavy atom. The lowest BCUT2D eigenvalue weighted by atomic mass is 9.90. The number of carboxylic acids is 1. The Labute approximate surface area is 130 Å². The number of para-hydroxylation sites is 1. The number of urea groups is 1. The van der Waals surface area contributed by atoms with Crippen molar-refractivity contribution in [1.29, 1.82) is 0 Å². The maximum Gasteiger partial charge on any atom is 0.317 e. The Balaban J connectivity index is 2.02. The van der Waals surface area contributed by atoms with E-state index in [0.29, 0.717) is 18.7 Å². The van der Waals surface area contributed by atoms with E-state index < -0.39 is 11.4 Å². The second-order valence-electron chi connectivity index (χ2n) is 5.95. The molecule has 6 nitrogen and oxygen atoms in total. The third kappa shape index (κ3) is 3.16. The molecule has 0 saturated carbocycles. The zero-order chi connectivity index (χ0) is 16.3. The topological polar surface area (TPSA) is 78.9 Å². The van der Waals surface area contributed by atoms with Crippen molar-refractivity contribution in [2.24, 2.45) is 5.41 Å². The molecule has 120 valence electrons. The van der Waals surface area contributed by atoms with Crippen LogP contribution in [-0.4, -0.2) is 42.2 Å². The molecule has 1 aliphatic rings. The second-order valence-corrected chi connectivity index (χ2v) is 5.95. The number of aliphatic carboxylic acids is 1. The average molecular weight is 306 g/mol. The number of rotatable bonds is 4. The summed E-state index contributed by atoms with van der Waals surface area (Å²) in [5, 5.41) is 12.1. The van der Waals surface area contributed by atoms with Crippen LogP contribution < -0.4 is 10.1 Å². The van der Waals surface area contributed by atoms with E-state index in [2.05, 4.69) is 5.32 Å². The number of likely N-dealkylation sites (tertiary alicyclic amines) is 1. The fourth-order valence-electron chi connectivity index (χ4n) is 2.69. The van der Waals surface area contributed by atoms with Crippen molar-refractivity contribution < 1.29 is 19.4 Å². The molecule has 1 aromatic rings. The summed E-state index contributed by atoms with van der Waals surface area (Å²) < 4.78 is 5.30. The molecule has 2 unspecified atom stereocenters. The van der Waals surface area contributed by atoms with Gasteiger partial charge < -0.3 is 20.1 Å². The standard InChI is InChI=1S/C16H22N2O4/c1-11(12-6-4-5-7-13(12)22-3)17-15(21)18-9-8-16(2,10-18)14(19)20/h4-7,11H,8-10H2,1-3H3,(H,17,21)(H,19,20). The third-order valence-electron chi connectivity index (χ3n) is 4.22. The van der Waals surface area contributed by atoms with Gasteiger partial charge in [0.15, 0.2) is 0 Å². The molecule has 2 atom stereocenters. The summed E-state index contributed by atoms with van der Waals surface area (Å²) in [7, 11) is 1.59. The van der Waals surface area contributed by atoms with Crippen LogP contribution in [0.15, 0.2) is 24.3 Å². The Hall–Kier alpha value is -2.24. The van der Waals surface area contributed by atoms with Crippen LogP contribution in [0.1, 0.15) is 31.9 Å². The van der Waals surface area contributed by atoms with Crippen molar-refractivity contribution in [3.63, 3.8) is 0 Å². The van der Waals surface area contributed by atoms with E-state index in [1.807, 2.05) is 31.2 Å². The Bertz CT molecular complexity index is 575. The van der Waals surface area contributed by atoms with Gasteiger partial charge in [0.05, 0.1) is 18.6 Å². The summed E-state index contributed by atoms with van der Waals surface area (Å²) in [4.78, 5) is 25.1. The van der Waals surface area contributed by atoms with Gasteiger partial charge in [-0.05, 0) is 26.3 Å². The van der Waals surface area contributed by atoms with Gasteiger partial charge in [-0.2, -0.15) is 0 Å². The molecule has 1 saturated heterocycles. The van der Waals surface area contributed by atoms with E-state index in [9.17, 15) is 14.7 Å². The van der Waals surface area contributed by atoms with Crippen LogP contribution in [0.2, 0.25) is 0 Å². The molecular formula is C16H22N2O4. The molecule has 0 bridgehead atoms. The molecule has 22 heavy (non-hydrogen) atoms. The lowest BCUT2D eigenvalue weighted by Crippen LogP contribution is -2.41. The molecule has 1 aliphatic heterocycles. The summed E-state index contributed by atoms with van der Waals surface area (Å²) in [5.74, 6) is -0.146. The molecular weight excluding hydrogens is 284 g/mol. The number of carbonyl (C=O) groups is 2. The first-order valence-electron chi connectivity index (χ1n) is 7.29. The van der Waals surface area contributed by atoms with Gasteiger partial charge in [-0.25, -0.2) is 4.79 Å². The molecule has 1 aromatic carbocycles. The van der Waals surface area contributed by atoms with E-state index in [0.717, 1.165) is 5.56 Å². The number of hydrogen-bond donors (Lipinski definition) is 2. The number of nitrogens with one attached hydrogen (secondary N) is 1. The van der Waals surface area contributed by atoms with Gasteiger partial charge >= 0.3 is 12.0 Å². The van der Waals surface area contributed by atoms with Crippen LogP contribution in [0.25, 0.3) is 0 Å². The first-order valence-corrected chi connectivity index (χ1v) is 7.29. The van der Waals surface area contributed by atoms with E-state index >= 15 is 0 Å². The van der Waals surface area contributed by atoms with Gasteiger partial charge in [0.2, 0.25) is 0 Å². The summed E-state index contributed by atoms with van der Waals surface area (Å²) >= 11 is 0. The number of nitrogens with zero attached hydrogens (tertiary/aromatic N) is 1. The molecule has 6 heteroatoms. The molecule has 0 aliphatic carbocycles. The highest BCUT2D eigenvalue weighted by Gasteiger charge is 2.42. The number of ether oxygens (including phenoxy) is 1. The highest BCUT2D eigenvalue weighted by Crippen LogP contribution is 2.31. The predicted molar refractivity (Wildman–Crippen MR) is 81.9 cm³/mol. The van der Waals surface area contributed by atoms with Crippen LogP contribution >= 0.6 is 0 Å². The number of amides is 2. The summed E-state index contributed by atoms with van der Waals surface area (Å²) in [6, 6.07) is 7.03. The van der Waals surface area contributed by atoms with Crippen molar-refractivity contribution in [2.45, 2.75) is 26.3 Å². The first kappa shape index (κ1) is 16.1. The highest BCUT2D eigenvalue weighted by atomic mass is 16.5. The minimum absolute atomic E-state index is 0.222. The zero-order valence-corrected chi connectivity index (χ0v) is 13.1. The maximum absolute atomic E-state index is 12.3. The van der Waals surface area contributed by atoms with E-state index in [4.69, 9.17) is 4.74 Å². The third-order valence-corrected chi connectivity index (χ3v) is 4.22. The van der Waals surface area contributed by atoms with Crippen LogP contribution in [0.5, 0.6) is 5.75 Å². The number of methoxy groups -OCH3 is 1. The summed E-state index contributed by atoms with van der Waals surface area (Å²) in [6.45, 7) is 4.23. The smallest absolute Gasteiger partial charge is 0.317 e. The van der Waals surface area contributed by atoms with E-state index in [1.165, 1.54) is 0 Å². The number of hydrogen-bond acceptors (Lipinski definition) is 3. The van der Waals surface area contributed by atoms with Crippen molar-refractivity contribution in [1.82, 2.24) is 10.2 Å². The maximum atomic E-state index is 12.3. The molecule has 0 radical (unpaired) electrons. The predicted octanol–water partition coefficient (Wildman–Crippen LogP) is 2.26. The lowest BCUT2D eigenvalue weighted by Gasteiger charge is -2.23. The SMILES string of the molecule is COc1ccccc1C(C)NC(=O)N1CCC(C)(C(=O)O)C1. The first-order chi connectivity index (χ1) is 10.4. The van der Waals surface area contributed by atoms with Crippen LogP contribution in [0.4, 0.5) is 4.79 Å². The van der Waals surface area contributed by atoms with Gasteiger partial charge in [0.1, 0.15) is 5.75 Å². The quantitative estimate of drug-likeness (QED) is 0.894. The Kier molecular flexibility index (Phi) is 4.59. The fraction of sp³-hybridized carbons (Fsp3) is 0.500. The summed E-state index contributed by atoms with van der Waals surface area (Å²) in [6.07, 6.45) is 0.471. The van der Waals surface area contributed by atoms with E-state index in [1.54, 1.807) is 18.9 Å². The summed E-state index contributed by atoms with van der Waals surface area (Å²) in [5.41, 5.74) is 0.0314. The molecule has 2 N–H and O–H groups in total. The highest BCUT2D eigenvalue weighted by molar-refractivity contribution is 5.79. The van der Waals surface area contributed by atoms with Crippen LogP contribution in [0.3, 0.4) is 0 Å². The van der Waals surface area contributed by atoms with Gasteiger partial charge in [-0.15, -0.1) is 0 Å². The molecule has 0 spiro atoms. The number of carbonyl (C=O) groups excluding carboxylic acids is 1. The molecule has 2 rings (SSSR count). The average Bonchev–Trinajstić information content (AvgIpc) is 2.91. The van der Waals surface area contributed by atoms with E-state index in [-0.39, 0.29) is 18.6 Å². The van der Waals surface area contributed by atoms with Crippen LogP contribution in [-0.2, 0) is 4.79 Å². The molecule has 0 aromatic heterocycles. The normalized spacial score (nSPS) is 22.2. The lowest BCUT2D eigenvalue weighted by molar-refractivity contribution is -0.146. The minimum Gasteiger partial charge on any atom is -0.496 e. The zero-order valence-electron chi connectivity index (χ0n) is 13.1. The minimum atomic E-state index is -0.861. The van der Waals surface area contributed by atoms with Crippen molar-refractivity contribution in [3.8, 4) is 5.75 Å². The fourth-order valence-corrected chi connectivity index (χ4v) is 2.69. The van der Waals surface area contributed by atoms with Crippen LogP contribution in [0, 0.1) is 5.41 Å². The van der Waals surface area contributed by atoms with Gasteiger partial charge in [0.25, 0.3) is 0 Å². The largest absolute Gasteiger partial charge is 0.496 e. The Morgan fingerprint density at radius 2 is 2.09 bits per heavy atom.